The first-order chi connectivity index (χ1) is 40.9. The van der Waals surface area contributed by atoms with Crippen molar-refractivity contribution < 1.29 is 66.8 Å². The summed E-state index contributed by atoms with van der Waals surface area (Å²) in [5.74, 6) is -2.83. The molecule has 6 aromatic rings. The number of aromatic nitrogens is 8. The van der Waals surface area contributed by atoms with Crippen molar-refractivity contribution in [3.63, 3.8) is 0 Å². The largest absolute Gasteiger partial charge is 0.491 e. The van der Waals surface area contributed by atoms with Crippen molar-refractivity contribution in [2.45, 2.75) is 19.3 Å². The van der Waals surface area contributed by atoms with Crippen LogP contribution in [-0.2, 0) is 73.3 Å². The first-order valence-electron chi connectivity index (χ1n) is 27.0. The highest BCUT2D eigenvalue weighted by Crippen LogP contribution is 2.18. The van der Waals surface area contributed by atoms with Gasteiger partial charge in [0.25, 0.3) is 29.5 Å². The minimum absolute atomic E-state index is 0.00392. The maximum atomic E-state index is 13.2. The lowest BCUT2D eigenvalue weighted by atomic mass is 10.3. The first-order valence-corrected chi connectivity index (χ1v) is 27.0. The second-order valence-electron chi connectivity index (χ2n) is 18.8. The number of aryl methyl sites for hydroxylation is 5. The number of hydrogen-bond acceptors (Lipinski definition) is 18. The van der Waals surface area contributed by atoms with E-state index < -0.39 is 41.4 Å². The van der Waals surface area contributed by atoms with E-state index in [1.807, 2.05) is 0 Å². The molecule has 0 aliphatic heterocycles. The number of nitrogens with two attached hydrogens (primary N) is 1. The highest BCUT2D eigenvalue weighted by molar-refractivity contribution is 6.04. The van der Waals surface area contributed by atoms with E-state index in [0.717, 1.165) is 5.75 Å². The third-order valence-electron chi connectivity index (χ3n) is 12.1. The number of nitrogens with one attached hydrogen (secondary N) is 8. The monoisotopic (exact) mass is 1180 g/mol. The SMILES string of the molecule is Cn1cc(NC(=O)c2nc(NC(=O)CCNC(=O)c3cc(NC(=O)c4nccn4C)cn3C)cn2C)cc1C(=O)NCCC(=O)Nc1cn(C)c(C(=O)NCCC(=O)NCCOCCOCCOCCOCCOCCOc2ccc(N)cc2)n1. The maximum Gasteiger partial charge on any atom is 0.291 e. The number of ether oxygens (including phenoxy) is 6. The Morgan fingerprint density at radius 2 is 0.859 bits per heavy atom. The van der Waals surface area contributed by atoms with E-state index in [4.69, 9.17) is 34.2 Å². The van der Waals surface area contributed by atoms with E-state index in [9.17, 15) is 38.4 Å². The van der Waals surface area contributed by atoms with Gasteiger partial charge < -0.3 is 99.5 Å². The molecule has 0 bridgehead atoms. The molecule has 0 aliphatic carbocycles. The smallest absolute Gasteiger partial charge is 0.291 e. The number of amides is 8. The number of imidazole rings is 3. The summed E-state index contributed by atoms with van der Waals surface area (Å²) in [6.07, 6.45) is 8.85. The van der Waals surface area contributed by atoms with Crippen LogP contribution in [0, 0.1) is 0 Å². The summed E-state index contributed by atoms with van der Waals surface area (Å²) in [5, 5.41) is 21.3. The Labute approximate surface area is 488 Å². The minimum Gasteiger partial charge on any atom is -0.491 e. The highest BCUT2D eigenvalue weighted by Gasteiger charge is 2.21. The van der Waals surface area contributed by atoms with Crippen LogP contribution in [0.5, 0.6) is 5.75 Å². The number of anilines is 5. The first kappa shape index (κ1) is 64.7. The Morgan fingerprint density at radius 1 is 0.435 bits per heavy atom. The zero-order valence-corrected chi connectivity index (χ0v) is 48.0. The molecule has 85 heavy (non-hydrogen) atoms. The minimum atomic E-state index is -0.635. The number of rotatable bonds is 37. The van der Waals surface area contributed by atoms with Crippen LogP contribution in [0.2, 0.25) is 0 Å². The van der Waals surface area contributed by atoms with Gasteiger partial charge in [0.05, 0.1) is 77.4 Å². The molecule has 6 rings (SSSR count). The summed E-state index contributed by atoms with van der Waals surface area (Å²) in [7, 11) is 8.05. The second-order valence-corrected chi connectivity index (χ2v) is 18.8. The van der Waals surface area contributed by atoms with Gasteiger partial charge in [0.1, 0.15) is 23.7 Å². The molecule has 10 N–H and O–H groups in total. The van der Waals surface area contributed by atoms with Crippen molar-refractivity contribution in [3.05, 3.63) is 102 Å². The second kappa shape index (κ2) is 33.6. The van der Waals surface area contributed by atoms with E-state index in [1.165, 1.54) is 55.2 Å². The summed E-state index contributed by atoms with van der Waals surface area (Å²) in [4.78, 5) is 115. The Hall–Kier alpha value is -9.43. The zero-order valence-electron chi connectivity index (χ0n) is 48.0. The number of nitrogen functional groups attached to an aromatic ring is 1. The fraction of sp³-hybridized carbons (Fsp3) is 0.426. The van der Waals surface area contributed by atoms with Crippen molar-refractivity contribution in [1.29, 1.82) is 0 Å². The average molecular weight is 1180 g/mol. The van der Waals surface area contributed by atoms with Crippen molar-refractivity contribution in [1.82, 2.24) is 59.1 Å². The van der Waals surface area contributed by atoms with Crippen LogP contribution in [0.3, 0.4) is 0 Å². The standard InChI is InChI=1S/C54H73N17O14/c1-67-18-16-57-47(67)53(78)61-37-30-40(68(2)32-37)50(75)58-15-12-46(74)64-43-35-71(5)49(66-43)54(79)62-38-31-41(69(3)33-38)51(76)59-14-11-45(73)63-42-34-70(4)48(65-42)52(77)60-13-10-44(72)56-17-19-80-20-21-81-22-23-82-24-25-83-26-27-84-28-29-85-39-8-6-36(55)7-9-39/h6-9,16,18,30-35H,10-15,17,19-29,55H2,1-5H3,(H,56,72)(H,58,75)(H,59,76)(H,60,77)(H,61,78)(H,62,79)(H,63,73)(H,64,74). The summed E-state index contributed by atoms with van der Waals surface area (Å²) in [6.45, 7) is 4.61. The Balaban J connectivity index is 0.764. The number of benzene rings is 1. The van der Waals surface area contributed by atoms with Crippen molar-refractivity contribution in [2.24, 2.45) is 35.2 Å². The molecule has 0 unspecified atom stereocenters. The van der Waals surface area contributed by atoms with E-state index in [2.05, 4.69) is 57.5 Å². The third kappa shape index (κ3) is 21.7. The van der Waals surface area contributed by atoms with Gasteiger partial charge in [-0.3, -0.25) is 38.4 Å². The molecule has 31 heteroatoms. The Bertz CT molecular complexity index is 3200. The van der Waals surface area contributed by atoms with Crippen molar-refractivity contribution in [3.8, 4) is 5.75 Å². The van der Waals surface area contributed by atoms with Gasteiger partial charge >= 0.3 is 0 Å². The molecule has 458 valence electrons. The van der Waals surface area contributed by atoms with E-state index in [0.29, 0.717) is 77.4 Å². The van der Waals surface area contributed by atoms with Gasteiger partial charge in [0.2, 0.25) is 29.4 Å². The lowest BCUT2D eigenvalue weighted by molar-refractivity contribution is -0.121. The van der Waals surface area contributed by atoms with Crippen LogP contribution >= 0.6 is 0 Å². The van der Waals surface area contributed by atoms with Gasteiger partial charge in [-0.05, 0) is 36.4 Å². The van der Waals surface area contributed by atoms with Gasteiger partial charge in [-0.1, -0.05) is 0 Å². The zero-order chi connectivity index (χ0) is 61.1. The topological polar surface area (TPSA) is 378 Å². The molecule has 5 aromatic heterocycles. The van der Waals surface area contributed by atoms with Crippen LogP contribution in [0.4, 0.5) is 28.7 Å². The van der Waals surface area contributed by atoms with Gasteiger partial charge in [0, 0.05) is 124 Å². The van der Waals surface area contributed by atoms with Crippen molar-refractivity contribution in [2.75, 3.05) is 126 Å². The van der Waals surface area contributed by atoms with Crippen LogP contribution < -0.4 is 53.0 Å². The number of hydrogen-bond donors (Lipinski definition) is 9. The van der Waals surface area contributed by atoms with E-state index in [1.54, 1.807) is 76.5 Å². The molecule has 0 aliphatic rings. The lowest BCUT2D eigenvalue weighted by Gasteiger charge is -2.09. The van der Waals surface area contributed by atoms with Gasteiger partial charge in [-0.25, -0.2) is 15.0 Å². The molecule has 31 nitrogen and oxygen atoms in total. The predicted octanol–water partition coefficient (Wildman–Crippen LogP) is 0.566. The third-order valence-corrected chi connectivity index (χ3v) is 12.1. The van der Waals surface area contributed by atoms with Gasteiger partial charge in [-0.15, -0.1) is 0 Å². The molecule has 8 amide bonds. The summed E-state index contributed by atoms with van der Waals surface area (Å²) in [6, 6.07) is 10.1. The average Bonchev–Trinajstić information content (AvgIpc) is 4.50. The maximum absolute atomic E-state index is 13.2. The summed E-state index contributed by atoms with van der Waals surface area (Å²) >= 11 is 0. The Morgan fingerprint density at radius 3 is 1.33 bits per heavy atom. The fourth-order valence-electron chi connectivity index (χ4n) is 7.81. The van der Waals surface area contributed by atoms with Gasteiger partial charge in [0.15, 0.2) is 17.5 Å². The molecule has 1 aromatic carbocycles. The van der Waals surface area contributed by atoms with Gasteiger partial charge in [-0.2, -0.15) is 0 Å². The number of nitrogens with zero attached hydrogens (tertiary/aromatic N) is 8. The molecule has 0 radical (unpaired) electrons. The summed E-state index contributed by atoms with van der Waals surface area (Å²) < 4.78 is 40.4. The fourth-order valence-corrected chi connectivity index (χ4v) is 7.81. The quantitative estimate of drug-likeness (QED) is 0.0190. The Kier molecular flexibility index (Phi) is 25.6. The molecule has 5 heterocycles. The van der Waals surface area contributed by atoms with E-state index >= 15 is 0 Å². The van der Waals surface area contributed by atoms with Crippen LogP contribution in [0.25, 0.3) is 0 Å². The normalized spacial score (nSPS) is 11.0. The molecule has 0 saturated carbocycles. The van der Waals surface area contributed by atoms with E-state index in [-0.39, 0.29) is 104 Å². The molecule has 0 atom stereocenters. The molecular weight excluding hydrogens is 1110 g/mol. The van der Waals surface area contributed by atoms with Crippen LogP contribution in [0.15, 0.2) is 73.6 Å². The van der Waals surface area contributed by atoms with Crippen LogP contribution in [-0.4, -0.2) is 184 Å². The van der Waals surface area contributed by atoms with Crippen LogP contribution in [0.1, 0.15) is 72.1 Å². The number of carbonyl (C=O) groups excluding carboxylic acids is 8. The predicted molar refractivity (Wildman–Crippen MR) is 308 cm³/mol. The lowest BCUT2D eigenvalue weighted by Crippen LogP contribution is -2.33. The molecule has 0 spiro atoms. The molecule has 0 fully saturated rings. The number of carbonyl (C=O) groups is 8. The highest BCUT2D eigenvalue weighted by atomic mass is 16.6. The molecular formula is C54H73N17O14. The molecule has 0 saturated heterocycles. The van der Waals surface area contributed by atoms with Crippen molar-refractivity contribution >= 4 is 76.0 Å². The summed E-state index contributed by atoms with van der Waals surface area (Å²) in [5.41, 5.74) is 7.41.